The Morgan fingerprint density at radius 2 is 1.11 bits per heavy atom. The summed E-state index contributed by atoms with van der Waals surface area (Å²) in [4.78, 5) is 65.0. The second-order valence-corrected chi connectivity index (χ2v) is 20.5. The summed E-state index contributed by atoms with van der Waals surface area (Å²) < 4.78 is 0. The van der Waals surface area contributed by atoms with E-state index in [0.29, 0.717) is 19.4 Å². The predicted octanol–water partition coefficient (Wildman–Crippen LogP) is 3.96. The molecule has 5 rings (SSSR count). The van der Waals surface area contributed by atoms with Crippen molar-refractivity contribution < 1.29 is 39.6 Å². The van der Waals surface area contributed by atoms with Gasteiger partial charge in [-0.2, -0.15) is 0 Å². The number of nitrogens with zero attached hydrogens (tertiary/aromatic N) is 7. The Hall–Kier alpha value is -3.96. The van der Waals surface area contributed by atoms with E-state index < -0.39 is 29.9 Å². The van der Waals surface area contributed by atoms with Crippen LogP contribution in [0.5, 0.6) is 0 Å². The Bertz CT molecular complexity index is 1830. The Labute approximate surface area is 375 Å². The van der Waals surface area contributed by atoms with Gasteiger partial charge < -0.3 is 35.1 Å². The largest absolute Gasteiger partial charge is 0.480 e. The van der Waals surface area contributed by atoms with Gasteiger partial charge in [-0.15, -0.1) is 0 Å². The van der Waals surface area contributed by atoms with Crippen molar-refractivity contribution in [2.45, 2.75) is 91.4 Å². The quantitative estimate of drug-likeness (QED) is 0.242. The zero-order valence-electron chi connectivity index (χ0n) is 38.8. The first-order valence-electron chi connectivity index (χ1n) is 22.9. The molecule has 4 N–H and O–H groups in total. The molecular weight excluding hydrogens is 803 g/mol. The molecule has 4 bridgehead atoms. The smallest absolute Gasteiger partial charge is 0.317 e. The molecule has 63 heavy (non-hydrogen) atoms. The van der Waals surface area contributed by atoms with E-state index in [2.05, 4.69) is 97.5 Å². The lowest BCUT2D eigenvalue weighted by atomic mass is 9.86. The van der Waals surface area contributed by atoms with Gasteiger partial charge in [0.1, 0.15) is 0 Å². The van der Waals surface area contributed by atoms with Gasteiger partial charge in [0, 0.05) is 97.2 Å². The lowest BCUT2D eigenvalue weighted by molar-refractivity contribution is -0.141. The number of carboxylic acids is 4. The summed E-state index contributed by atoms with van der Waals surface area (Å²) in [5.74, 6) is -3.91. The van der Waals surface area contributed by atoms with Crippen LogP contribution in [0, 0.1) is 5.41 Å². The van der Waals surface area contributed by atoms with E-state index >= 15 is 0 Å². The van der Waals surface area contributed by atoms with Crippen LogP contribution in [0.3, 0.4) is 0 Å². The van der Waals surface area contributed by atoms with E-state index in [1.54, 1.807) is 4.90 Å². The highest BCUT2D eigenvalue weighted by Crippen LogP contribution is 2.30. The van der Waals surface area contributed by atoms with Gasteiger partial charge in [0.2, 0.25) is 0 Å². The summed E-state index contributed by atoms with van der Waals surface area (Å²) in [5, 5.41) is 40.7. The normalized spacial score (nSPS) is 23.9. The van der Waals surface area contributed by atoms with Crippen molar-refractivity contribution in [3.8, 4) is 0 Å². The van der Waals surface area contributed by atoms with Crippen molar-refractivity contribution in [2.75, 3.05) is 111 Å². The summed E-state index contributed by atoms with van der Waals surface area (Å²) in [7, 11) is 0. The van der Waals surface area contributed by atoms with Crippen LogP contribution in [-0.2, 0) is 44.1 Å². The number of hydrogen-bond donors (Lipinski definition) is 4. The van der Waals surface area contributed by atoms with E-state index in [-0.39, 0.29) is 75.8 Å². The molecule has 15 heteroatoms. The molecule has 4 atom stereocenters. The van der Waals surface area contributed by atoms with E-state index in [1.165, 1.54) is 5.56 Å². The van der Waals surface area contributed by atoms with Crippen molar-refractivity contribution in [1.82, 2.24) is 34.3 Å². The molecule has 2 fully saturated rings. The summed E-state index contributed by atoms with van der Waals surface area (Å²) in [6.07, 6.45) is 2.19. The molecule has 3 unspecified atom stereocenters. The molecule has 0 aliphatic carbocycles. The van der Waals surface area contributed by atoms with E-state index in [9.17, 15) is 39.6 Å². The molecule has 2 aromatic rings. The lowest BCUT2D eigenvalue weighted by Crippen LogP contribution is -2.50. The van der Waals surface area contributed by atoms with Gasteiger partial charge in [-0.1, -0.05) is 84.0 Å². The zero-order chi connectivity index (χ0) is 45.9. The third kappa shape index (κ3) is 16.8. The summed E-state index contributed by atoms with van der Waals surface area (Å²) in [6, 6.07) is 13.8. The average Bonchev–Trinajstić information content (AvgIpc) is 3.16. The van der Waals surface area contributed by atoms with Gasteiger partial charge >= 0.3 is 23.9 Å². The van der Waals surface area contributed by atoms with Crippen molar-refractivity contribution in [3.63, 3.8) is 0 Å². The SMILES string of the molecule is CC(C)(C)CN1CCCN2CCN(CCC(c3cc4cc(c3)CN(CC(=O)O)[C@@H](Cc3ccc(C(C)(C)C)cc3)CN(CC(=O)O)CCN(CC(=O)O)C4)N(CC(=O)O)CC2)CC1. The van der Waals surface area contributed by atoms with Gasteiger partial charge in [0.25, 0.3) is 0 Å². The lowest BCUT2D eigenvalue weighted by Gasteiger charge is -2.40. The van der Waals surface area contributed by atoms with Gasteiger partial charge in [0.05, 0.1) is 26.2 Å². The minimum atomic E-state index is -1.02. The summed E-state index contributed by atoms with van der Waals surface area (Å²) in [5.41, 5.74) is 4.91. The van der Waals surface area contributed by atoms with Gasteiger partial charge in [-0.25, -0.2) is 0 Å². The van der Waals surface area contributed by atoms with Crippen LogP contribution in [0.15, 0.2) is 42.5 Å². The van der Waals surface area contributed by atoms with Crippen LogP contribution in [0.25, 0.3) is 0 Å². The first-order valence-corrected chi connectivity index (χ1v) is 22.9. The molecule has 350 valence electrons. The fraction of sp³-hybridized carbons (Fsp3) is 0.667. The third-order valence-electron chi connectivity index (χ3n) is 12.6. The Kier molecular flexibility index (Phi) is 18.1. The van der Waals surface area contributed by atoms with Crippen molar-refractivity contribution in [1.29, 1.82) is 0 Å². The fourth-order valence-corrected chi connectivity index (χ4v) is 9.63. The van der Waals surface area contributed by atoms with E-state index in [0.717, 1.165) is 87.6 Å². The molecular formula is C48H75N7O8. The Balaban J connectivity index is 1.57. The molecule has 0 amide bonds. The predicted molar refractivity (Wildman–Crippen MR) is 244 cm³/mol. The number of rotatable bonds is 12. The number of carboxylic acid groups (broad SMARTS) is 4. The molecule has 15 nitrogen and oxygen atoms in total. The van der Waals surface area contributed by atoms with Crippen LogP contribution in [-0.4, -0.2) is 196 Å². The molecule has 2 aromatic carbocycles. The fourth-order valence-electron chi connectivity index (χ4n) is 9.63. The molecule has 0 spiro atoms. The number of carbonyl (C=O) groups is 4. The monoisotopic (exact) mass is 878 g/mol. The molecule has 3 aliphatic rings. The number of benzene rings is 2. The van der Waals surface area contributed by atoms with Gasteiger partial charge in [0.15, 0.2) is 0 Å². The van der Waals surface area contributed by atoms with E-state index in [1.807, 2.05) is 15.9 Å². The number of aliphatic carboxylic acids is 4. The highest BCUT2D eigenvalue weighted by atomic mass is 16.4. The van der Waals surface area contributed by atoms with Gasteiger partial charge in [-0.3, -0.25) is 38.8 Å². The highest BCUT2D eigenvalue weighted by molar-refractivity contribution is 5.70. The summed E-state index contributed by atoms with van der Waals surface area (Å²) in [6.45, 7) is 22.4. The second-order valence-electron chi connectivity index (χ2n) is 20.5. The maximum atomic E-state index is 12.7. The van der Waals surface area contributed by atoms with Gasteiger partial charge in [-0.05, 0) is 71.0 Å². The van der Waals surface area contributed by atoms with Crippen LogP contribution >= 0.6 is 0 Å². The minimum absolute atomic E-state index is 0.0577. The van der Waals surface area contributed by atoms with E-state index in [4.69, 9.17) is 0 Å². The van der Waals surface area contributed by atoms with Crippen molar-refractivity contribution in [3.05, 3.63) is 70.3 Å². The number of hydrogen-bond acceptors (Lipinski definition) is 11. The average molecular weight is 878 g/mol. The van der Waals surface area contributed by atoms with Crippen molar-refractivity contribution >= 4 is 23.9 Å². The van der Waals surface area contributed by atoms with Crippen LogP contribution < -0.4 is 0 Å². The first kappa shape index (κ1) is 50.0. The molecule has 3 aliphatic heterocycles. The van der Waals surface area contributed by atoms with Crippen LogP contribution in [0.4, 0.5) is 0 Å². The third-order valence-corrected chi connectivity index (χ3v) is 12.6. The summed E-state index contributed by atoms with van der Waals surface area (Å²) >= 11 is 0. The minimum Gasteiger partial charge on any atom is -0.480 e. The van der Waals surface area contributed by atoms with Crippen LogP contribution in [0.1, 0.15) is 88.2 Å². The molecule has 0 radical (unpaired) electrons. The molecule has 3 heterocycles. The maximum absolute atomic E-state index is 12.7. The molecule has 2 saturated heterocycles. The topological polar surface area (TPSA) is 172 Å². The Morgan fingerprint density at radius 3 is 1.73 bits per heavy atom. The zero-order valence-corrected chi connectivity index (χ0v) is 38.8. The molecule has 0 saturated carbocycles. The maximum Gasteiger partial charge on any atom is 0.317 e. The number of fused-ring (bicyclic) bond motifs is 5. The molecule has 0 aromatic heterocycles. The standard InChI is InChI=1S/C48H75N7O8/c1-47(2,3)35-51-14-7-13-49-16-17-50(18-19-51)15-12-42(54(23-22-49)33-45(60)61)39-25-37-24-38(26-39)29-55(34-46(62)63)41(27-36-8-10-40(11-9-36)48(4,5)6)30-53(32-44(58)59)21-20-52(28-37)31-43(56)57/h8-11,24-26,41-42H,7,12-23,27-35H2,1-6H3,(H,56,57)(H,58,59)(H,60,61)(H,62,63)/t41-,42?/m0/s1. The second kappa shape index (κ2) is 22.8. The van der Waals surface area contributed by atoms with Crippen LogP contribution in [0.2, 0.25) is 0 Å². The first-order chi connectivity index (χ1) is 29.7. The van der Waals surface area contributed by atoms with Crippen molar-refractivity contribution in [2.24, 2.45) is 5.41 Å². The Morgan fingerprint density at radius 1 is 0.571 bits per heavy atom. The highest BCUT2D eigenvalue weighted by Gasteiger charge is 2.31.